The van der Waals surface area contributed by atoms with E-state index in [0.29, 0.717) is 24.2 Å². The van der Waals surface area contributed by atoms with Crippen molar-refractivity contribution in [2.75, 3.05) is 6.54 Å². The predicted molar refractivity (Wildman–Crippen MR) is 81.4 cm³/mol. The molecular formula is C16H17FN4. The van der Waals surface area contributed by atoms with Crippen molar-refractivity contribution in [3.8, 4) is 11.3 Å². The van der Waals surface area contributed by atoms with Gasteiger partial charge in [-0.2, -0.15) is 0 Å². The quantitative estimate of drug-likeness (QED) is 0.801. The fraction of sp³-hybridized carbons (Fsp3) is 0.250. The average Bonchev–Trinajstić information content (AvgIpc) is 2.86. The summed E-state index contributed by atoms with van der Waals surface area (Å²) in [6.45, 7) is 3.26. The molecule has 21 heavy (non-hydrogen) atoms. The van der Waals surface area contributed by atoms with Crippen molar-refractivity contribution in [2.24, 2.45) is 5.73 Å². The van der Waals surface area contributed by atoms with Crippen LogP contribution in [0.25, 0.3) is 22.3 Å². The maximum atomic E-state index is 14.4. The minimum atomic E-state index is -0.282. The Kier molecular flexibility index (Phi) is 3.66. The zero-order valence-corrected chi connectivity index (χ0v) is 11.9. The summed E-state index contributed by atoms with van der Waals surface area (Å²) < 4.78 is 16.4. The van der Waals surface area contributed by atoms with Crippen LogP contribution >= 0.6 is 0 Å². The number of hydrogen-bond donors (Lipinski definition) is 1. The van der Waals surface area contributed by atoms with E-state index in [9.17, 15) is 4.39 Å². The van der Waals surface area contributed by atoms with E-state index in [4.69, 9.17) is 5.73 Å². The summed E-state index contributed by atoms with van der Waals surface area (Å²) in [5.41, 5.74) is 8.34. The maximum Gasteiger partial charge on any atom is 0.134 e. The van der Waals surface area contributed by atoms with Crippen molar-refractivity contribution in [3.63, 3.8) is 0 Å². The number of fused-ring (bicyclic) bond motifs is 1. The molecular weight excluding hydrogens is 267 g/mol. The van der Waals surface area contributed by atoms with Gasteiger partial charge in [-0.3, -0.25) is 4.98 Å². The second kappa shape index (κ2) is 5.61. The van der Waals surface area contributed by atoms with E-state index < -0.39 is 0 Å². The molecule has 0 aliphatic heterocycles. The van der Waals surface area contributed by atoms with Crippen LogP contribution in [0.3, 0.4) is 0 Å². The van der Waals surface area contributed by atoms with Crippen molar-refractivity contribution in [1.82, 2.24) is 14.5 Å². The molecule has 3 rings (SSSR count). The van der Waals surface area contributed by atoms with Gasteiger partial charge in [0, 0.05) is 19.2 Å². The van der Waals surface area contributed by atoms with E-state index in [1.54, 1.807) is 12.3 Å². The lowest BCUT2D eigenvalue weighted by Gasteiger charge is -2.09. The van der Waals surface area contributed by atoms with Crippen LogP contribution in [0.5, 0.6) is 0 Å². The zero-order chi connectivity index (χ0) is 14.8. The number of rotatable bonds is 4. The first-order valence-electron chi connectivity index (χ1n) is 7.05. The summed E-state index contributed by atoms with van der Waals surface area (Å²) >= 11 is 0. The van der Waals surface area contributed by atoms with Crippen LogP contribution in [-0.2, 0) is 13.0 Å². The molecule has 3 aromatic rings. The smallest absolute Gasteiger partial charge is 0.134 e. The molecule has 4 nitrogen and oxygen atoms in total. The van der Waals surface area contributed by atoms with Crippen molar-refractivity contribution >= 4 is 11.0 Å². The Labute approximate surface area is 122 Å². The highest BCUT2D eigenvalue weighted by Gasteiger charge is 2.18. The van der Waals surface area contributed by atoms with E-state index in [-0.39, 0.29) is 5.82 Å². The van der Waals surface area contributed by atoms with Crippen LogP contribution in [0, 0.1) is 5.82 Å². The van der Waals surface area contributed by atoms with Crippen LogP contribution in [0.15, 0.2) is 36.5 Å². The van der Waals surface area contributed by atoms with E-state index in [2.05, 4.69) is 9.97 Å². The van der Waals surface area contributed by atoms with Crippen LogP contribution < -0.4 is 5.73 Å². The Morgan fingerprint density at radius 3 is 2.76 bits per heavy atom. The molecule has 108 valence electrons. The van der Waals surface area contributed by atoms with Gasteiger partial charge < -0.3 is 10.3 Å². The van der Waals surface area contributed by atoms with E-state index in [1.807, 2.05) is 29.7 Å². The van der Waals surface area contributed by atoms with Gasteiger partial charge in [0.2, 0.25) is 0 Å². The van der Waals surface area contributed by atoms with Gasteiger partial charge in [0.1, 0.15) is 11.6 Å². The van der Waals surface area contributed by atoms with E-state index in [0.717, 1.165) is 23.4 Å². The molecule has 5 heteroatoms. The first kappa shape index (κ1) is 13.7. The third-order valence-electron chi connectivity index (χ3n) is 3.54. The zero-order valence-electron chi connectivity index (χ0n) is 11.9. The number of aryl methyl sites for hydroxylation is 1. The molecule has 0 saturated heterocycles. The molecule has 0 radical (unpaired) electrons. The summed E-state index contributed by atoms with van der Waals surface area (Å²) in [4.78, 5) is 8.87. The van der Waals surface area contributed by atoms with Gasteiger partial charge in [-0.25, -0.2) is 9.37 Å². The van der Waals surface area contributed by atoms with E-state index >= 15 is 0 Å². The molecule has 2 heterocycles. The first-order valence-corrected chi connectivity index (χ1v) is 7.05. The number of nitrogens with two attached hydrogens (primary N) is 1. The molecule has 2 N–H and O–H groups in total. The lowest BCUT2D eigenvalue weighted by Crippen LogP contribution is -2.09. The van der Waals surface area contributed by atoms with Gasteiger partial charge in [0.25, 0.3) is 0 Å². The number of aromatic nitrogens is 3. The van der Waals surface area contributed by atoms with Gasteiger partial charge in [-0.1, -0.05) is 6.07 Å². The summed E-state index contributed by atoms with van der Waals surface area (Å²) in [7, 11) is 0. The average molecular weight is 284 g/mol. The van der Waals surface area contributed by atoms with Crippen molar-refractivity contribution in [3.05, 3.63) is 48.2 Å². The molecule has 0 fully saturated rings. The number of hydrogen-bond acceptors (Lipinski definition) is 3. The van der Waals surface area contributed by atoms with Crippen molar-refractivity contribution < 1.29 is 4.39 Å². The highest BCUT2D eigenvalue weighted by molar-refractivity contribution is 5.92. The Balaban J connectivity index is 2.35. The van der Waals surface area contributed by atoms with Gasteiger partial charge in [-0.15, -0.1) is 0 Å². The molecule has 0 amide bonds. The molecule has 0 bridgehead atoms. The van der Waals surface area contributed by atoms with Gasteiger partial charge in [0.15, 0.2) is 0 Å². The molecule has 1 aromatic carbocycles. The highest BCUT2D eigenvalue weighted by atomic mass is 19.1. The minimum Gasteiger partial charge on any atom is -0.330 e. The summed E-state index contributed by atoms with van der Waals surface area (Å²) in [6.07, 6.45) is 2.34. The van der Waals surface area contributed by atoms with E-state index in [1.165, 1.54) is 6.07 Å². The Morgan fingerprint density at radius 1 is 1.24 bits per heavy atom. The number of pyridine rings is 1. The largest absolute Gasteiger partial charge is 0.330 e. The van der Waals surface area contributed by atoms with Crippen LogP contribution in [0.4, 0.5) is 4.39 Å². The third kappa shape index (κ3) is 2.29. The summed E-state index contributed by atoms with van der Waals surface area (Å²) in [5.74, 6) is 0.605. The van der Waals surface area contributed by atoms with Gasteiger partial charge in [-0.05, 0) is 37.7 Å². The van der Waals surface area contributed by atoms with Crippen molar-refractivity contribution in [1.29, 1.82) is 0 Å². The van der Waals surface area contributed by atoms with Crippen LogP contribution in [-0.4, -0.2) is 21.1 Å². The summed E-state index contributed by atoms with van der Waals surface area (Å²) in [5, 5.41) is 0. The molecule has 0 aliphatic carbocycles. The lowest BCUT2D eigenvalue weighted by atomic mass is 10.1. The fourth-order valence-corrected chi connectivity index (χ4v) is 2.66. The summed E-state index contributed by atoms with van der Waals surface area (Å²) in [6, 6.07) is 8.65. The van der Waals surface area contributed by atoms with Crippen molar-refractivity contribution in [2.45, 2.75) is 19.9 Å². The number of halogens is 1. The molecule has 2 aromatic heterocycles. The maximum absolute atomic E-state index is 14.4. The standard InChI is InChI=1S/C16H17FN4/c1-2-21-14(8-9-18)20-13-7-6-11(17)15(16(13)21)12-5-3-4-10-19-12/h3-7,10H,2,8-9,18H2,1H3. The third-order valence-corrected chi connectivity index (χ3v) is 3.54. The Hall–Kier alpha value is -2.27. The monoisotopic (exact) mass is 284 g/mol. The SMILES string of the molecule is CCn1c(CCN)nc2ccc(F)c(-c3ccccn3)c21. The number of nitrogens with zero attached hydrogens (tertiary/aromatic N) is 3. The topological polar surface area (TPSA) is 56.7 Å². The normalized spacial score (nSPS) is 11.2. The highest BCUT2D eigenvalue weighted by Crippen LogP contribution is 2.31. The van der Waals surface area contributed by atoms with Gasteiger partial charge in [0.05, 0.1) is 22.3 Å². The van der Waals surface area contributed by atoms with Crippen LogP contribution in [0.2, 0.25) is 0 Å². The predicted octanol–water partition coefficient (Wildman–Crippen LogP) is 2.76. The number of benzene rings is 1. The Morgan fingerprint density at radius 2 is 2.10 bits per heavy atom. The van der Waals surface area contributed by atoms with Gasteiger partial charge >= 0.3 is 0 Å². The first-order chi connectivity index (χ1) is 10.3. The second-order valence-corrected chi connectivity index (χ2v) is 4.82. The lowest BCUT2D eigenvalue weighted by molar-refractivity contribution is 0.630. The van der Waals surface area contributed by atoms with Crippen LogP contribution in [0.1, 0.15) is 12.7 Å². The number of imidazole rings is 1. The second-order valence-electron chi connectivity index (χ2n) is 4.82. The molecule has 0 aliphatic rings. The molecule has 0 unspecified atom stereocenters. The molecule has 0 atom stereocenters. The fourth-order valence-electron chi connectivity index (χ4n) is 2.66. The Bertz CT molecular complexity index is 765. The molecule has 0 saturated carbocycles. The minimum absolute atomic E-state index is 0.282. The molecule has 0 spiro atoms.